The van der Waals surface area contributed by atoms with Crippen LogP contribution in [-0.4, -0.2) is 18.9 Å². The van der Waals surface area contributed by atoms with Crippen LogP contribution in [0.2, 0.25) is 0 Å². The van der Waals surface area contributed by atoms with Crippen LogP contribution in [0.3, 0.4) is 0 Å². The molecule has 0 aromatic heterocycles. The molecule has 0 aliphatic heterocycles. The second-order valence-corrected chi connectivity index (χ2v) is 4.74. The Morgan fingerprint density at radius 1 is 1.39 bits per heavy atom. The fraction of sp³-hybridized carbons (Fsp3) is 0.500. The highest BCUT2D eigenvalue weighted by Gasteiger charge is 2.30. The molecule has 4 heteroatoms. The van der Waals surface area contributed by atoms with Crippen LogP contribution in [0.4, 0.5) is 4.39 Å². The minimum atomic E-state index is -0.581. The van der Waals surface area contributed by atoms with Gasteiger partial charge in [0.15, 0.2) is 17.3 Å². The van der Waals surface area contributed by atoms with Gasteiger partial charge in [-0.15, -0.1) is 0 Å². The van der Waals surface area contributed by atoms with Crippen molar-refractivity contribution in [2.75, 3.05) is 7.11 Å². The number of hydrogen-bond acceptors (Lipinski definition) is 3. The molecule has 1 aliphatic rings. The van der Waals surface area contributed by atoms with E-state index in [1.807, 2.05) is 0 Å². The quantitative estimate of drug-likeness (QED) is 0.840. The summed E-state index contributed by atoms with van der Waals surface area (Å²) in [6, 6.07) is 4.48. The minimum absolute atomic E-state index is 0.0942. The zero-order valence-electron chi connectivity index (χ0n) is 10.5. The molecular weight excluding hydrogens is 233 g/mol. The van der Waals surface area contributed by atoms with E-state index in [1.165, 1.54) is 19.2 Å². The third kappa shape index (κ3) is 2.38. The number of rotatable bonds is 3. The van der Waals surface area contributed by atoms with Crippen molar-refractivity contribution in [3.63, 3.8) is 0 Å². The van der Waals surface area contributed by atoms with Crippen LogP contribution >= 0.6 is 0 Å². The smallest absolute Gasteiger partial charge is 0.175 e. The van der Waals surface area contributed by atoms with Gasteiger partial charge in [0.1, 0.15) is 0 Å². The SMILES string of the molecule is COc1cccc(C(=O)C2CCCCC2N)c1F. The average molecular weight is 251 g/mol. The Morgan fingerprint density at radius 2 is 2.11 bits per heavy atom. The third-order valence-electron chi connectivity index (χ3n) is 3.60. The van der Waals surface area contributed by atoms with Crippen LogP contribution < -0.4 is 10.5 Å². The van der Waals surface area contributed by atoms with E-state index in [-0.39, 0.29) is 29.1 Å². The molecule has 0 spiro atoms. The van der Waals surface area contributed by atoms with E-state index in [0.29, 0.717) is 0 Å². The molecule has 0 bridgehead atoms. The fourth-order valence-electron chi connectivity index (χ4n) is 2.54. The summed E-state index contributed by atoms with van der Waals surface area (Å²) < 4.78 is 18.9. The van der Waals surface area contributed by atoms with E-state index in [9.17, 15) is 9.18 Å². The largest absolute Gasteiger partial charge is 0.494 e. The molecule has 1 aliphatic carbocycles. The molecule has 2 rings (SSSR count). The highest BCUT2D eigenvalue weighted by Crippen LogP contribution is 2.29. The number of ketones is 1. The predicted molar refractivity (Wildman–Crippen MR) is 67.2 cm³/mol. The van der Waals surface area contributed by atoms with Gasteiger partial charge >= 0.3 is 0 Å². The van der Waals surface area contributed by atoms with Gasteiger partial charge in [-0.05, 0) is 25.0 Å². The Balaban J connectivity index is 2.28. The zero-order valence-corrected chi connectivity index (χ0v) is 10.5. The van der Waals surface area contributed by atoms with Crippen LogP contribution in [-0.2, 0) is 0 Å². The Morgan fingerprint density at radius 3 is 2.78 bits per heavy atom. The molecule has 18 heavy (non-hydrogen) atoms. The highest BCUT2D eigenvalue weighted by atomic mass is 19.1. The molecule has 1 aromatic rings. The molecule has 0 amide bonds. The second-order valence-electron chi connectivity index (χ2n) is 4.74. The molecule has 2 unspecified atom stereocenters. The molecular formula is C14H18FNO2. The monoisotopic (exact) mass is 251 g/mol. The molecule has 0 saturated heterocycles. The van der Waals surface area contributed by atoms with E-state index in [0.717, 1.165) is 25.7 Å². The number of hydrogen-bond donors (Lipinski definition) is 1. The highest BCUT2D eigenvalue weighted by molar-refractivity contribution is 5.99. The van der Waals surface area contributed by atoms with Crippen molar-refractivity contribution in [1.29, 1.82) is 0 Å². The van der Waals surface area contributed by atoms with Crippen molar-refractivity contribution in [3.05, 3.63) is 29.6 Å². The molecule has 1 aromatic carbocycles. The van der Waals surface area contributed by atoms with E-state index >= 15 is 0 Å². The van der Waals surface area contributed by atoms with Crippen molar-refractivity contribution >= 4 is 5.78 Å². The molecule has 2 atom stereocenters. The summed E-state index contributed by atoms with van der Waals surface area (Å²) in [5, 5.41) is 0. The lowest BCUT2D eigenvalue weighted by atomic mass is 9.80. The van der Waals surface area contributed by atoms with Gasteiger partial charge in [0.05, 0.1) is 12.7 Å². The molecule has 1 fully saturated rings. The predicted octanol–water partition coefficient (Wildman–Crippen LogP) is 2.53. The van der Waals surface area contributed by atoms with Gasteiger partial charge in [-0.25, -0.2) is 4.39 Å². The molecule has 98 valence electrons. The van der Waals surface area contributed by atoms with E-state index in [1.54, 1.807) is 6.07 Å². The minimum Gasteiger partial charge on any atom is -0.494 e. The summed E-state index contributed by atoms with van der Waals surface area (Å²) in [7, 11) is 1.39. The van der Waals surface area contributed by atoms with Gasteiger partial charge in [0, 0.05) is 12.0 Å². The lowest BCUT2D eigenvalue weighted by molar-refractivity contribution is 0.0866. The van der Waals surface area contributed by atoms with Crippen LogP contribution in [0.25, 0.3) is 0 Å². The third-order valence-corrected chi connectivity index (χ3v) is 3.60. The number of carbonyl (C=O) groups is 1. The van der Waals surface area contributed by atoms with Crippen molar-refractivity contribution in [2.45, 2.75) is 31.7 Å². The van der Waals surface area contributed by atoms with E-state index < -0.39 is 5.82 Å². The maximum atomic E-state index is 14.0. The Bertz CT molecular complexity index is 447. The topological polar surface area (TPSA) is 52.3 Å². The second kappa shape index (κ2) is 5.48. The van der Waals surface area contributed by atoms with Crippen LogP contribution in [0.1, 0.15) is 36.0 Å². The molecule has 1 saturated carbocycles. The number of halogens is 1. The number of nitrogens with two attached hydrogens (primary N) is 1. The average Bonchev–Trinajstić information content (AvgIpc) is 2.39. The fourth-order valence-corrected chi connectivity index (χ4v) is 2.54. The summed E-state index contributed by atoms with van der Waals surface area (Å²) >= 11 is 0. The summed E-state index contributed by atoms with van der Waals surface area (Å²) in [5.41, 5.74) is 6.06. The Labute approximate surface area is 106 Å². The number of carbonyl (C=O) groups excluding carboxylic acids is 1. The van der Waals surface area contributed by atoms with Crippen molar-refractivity contribution in [2.24, 2.45) is 11.7 Å². The molecule has 2 N–H and O–H groups in total. The summed E-state index contributed by atoms with van der Waals surface area (Å²) in [6.07, 6.45) is 3.61. The number of methoxy groups -OCH3 is 1. The van der Waals surface area contributed by atoms with E-state index in [2.05, 4.69) is 0 Å². The number of benzene rings is 1. The van der Waals surface area contributed by atoms with Gasteiger partial charge in [-0.3, -0.25) is 4.79 Å². The lowest BCUT2D eigenvalue weighted by Gasteiger charge is -2.27. The van der Waals surface area contributed by atoms with Gasteiger partial charge in [-0.1, -0.05) is 18.9 Å². The molecule has 0 heterocycles. The first kappa shape index (κ1) is 13.0. The van der Waals surface area contributed by atoms with E-state index in [4.69, 9.17) is 10.5 Å². The maximum absolute atomic E-state index is 14.0. The summed E-state index contributed by atoms with van der Waals surface area (Å²) in [6.45, 7) is 0. The summed E-state index contributed by atoms with van der Waals surface area (Å²) in [5.74, 6) is -0.938. The standard InChI is InChI=1S/C14H18FNO2/c1-18-12-8-4-6-10(13(12)15)14(17)9-5-2-3-7-11(9)16/h4,6,8-9,11H,2-3,5,7,16H2,1H3. The van der Waals surface area contributed by atoms with Gasteiger partial charge < -0.3 is 10.5 Å². The van der Waals surface area contributed by atoms with Gasteiger partial charge in [0.2, 0.25) is 0 Å². The first-order valence-electron chi connectivity index (χ1n) is 6.27. The molecule has 3 nitrogen and oxygen atoms in total. The van der Waals surface area contributed by atoms with Crippen molar-refractivity contribution < 1.29 is 13.9 Å². The van der Waals surface area contributed by atoms with Gasteiger partial charge in [0.25, 0.3) is 0 Å². The normalized spacial score (nSPS) is 23.7. The van der Waals surface area contributed by atoms with Crippen LogP contribution in [0.5, 0.6) is 5.75 Å². The zero-order chi connectivity index (χ0) is 13.1. The summed E-state index contributed by atoms with van der Waals surface area (Å²) in [4.78, 5) is 12.3. The van der Waals surface area contributed by atoms with Crippen LogP contribution in [0.15, 0.2) is 18.2 Å². The first-order valence-corrected chi connectivity index (χ1v) is 6.27. The Kier molecular flexibility index (Phi) is 3.97. The Hall–Kier alpha value is -1.42. The molecule has 0 radical (unpaired) electrons. The van der Waals surface area contributed by atoms with Gasteiger partial charge in [-0.2, -0.15) is 0 Å². The maximum Gasteiger partial charge on any atom is 0.175 e. The van der Waals surface area contributed by atoms with Crippen molar-refractivity contribution in [1.82, 2.24) is 0 Å². The number of ether oxygens (including phenoxy) is 1. The lowest BCUT2D eigenvalue weighted by Crippen LogP contribution is -2.38. The van der Waals surface area contributed by atoms with Crippen molar-refractivity contribution in [3.8, 4) is 5.75 Å². The number of Topliss-reactive ketones (excluding diaryl/α,β-unsaturated/α-hetero) is 1. The first-order chi connectivity index (χ1) is 8.65. The van der Waals surface area contributed by atoms with Crippen LogP contribution in [0, 0.1) is 11.7 Å².